The molecule has 0 aromatic carbocycles. The number of nitrogens with zero attached hydrogens (tertiary/aromatic N) is 2. The molecular weight excluding hydrogens is 296 g/mol. The van der Waals surface area contributed by atoms with Crippen molar-refractivity contribution in [2.45, 2.75) is 26.8 Å². The summed E-state index contributed by atoms with van der Waals surface area (Å²) < 4.78 is 0.793. The van der Waals surface area contributed by atoms with Crippen molar-refractivity contribution in [1.82, 2.24) is 10.3 Å². The number of nitrogens with one attached hydrogen (secondary N) is 1. The molecule has 1 aromatic rings. The van der Waals surface area contributed by atoms with Gasteiger partial charge in [-0.2, -0.15) is 0 Å². The first-order chi connectivity index (χ1) is 8.43. The fraction of sp³-hybridized carbons (Fsp3) is 0.500. The van der Waals surface area contributed by atoms with Crippen LogP contribution in [0.15, 0.2) is 16.7 Å². The van der Waals surface area contributed by atoms with E-state index in [2.05, 4.69) is 26.2 Å². The molecule has 0 fully saturated rings. The zero-order valence-electron chi connectivity index (χ0n) is 10.9. The Hall–Kier alpha value is -1.30. The van der Waals surface area contributed by atoms with Crippen LogP contribution in [0.25, 0.3) is 0 Å². The predicted molar refractivity (Wildman–Crippen MR) is 77.5 cm³/mol. The first kappa shape index (κ1) is 14.8. The van der Waals surface area contributed by atoms with Crippen molar-refractivity contribution in [2.75, 3.05) is 23.7 Å². The predicted octanol–water partition coefficient (Wildman–Crippen LogP) is 1.78. The Kier molecular flexibility index (Phi) is 5.40. The molecular formula is C12H19BrN4O. The third-order valence-electron chi connectivity index (χ3n) is 2.31. The largest absolute Gasteiger partial charge is 0.397 e. The molecule has 1 amide bonds. The van der Waals surface area contributed by atoms with Gasteiger partial charge in [-0.05, 0) is 42.8 Å². The smallest absolute Gasteiger partial charge is 0.239 e. The molecule has 0 aliphatic heterocycles. The summed E-state index contributed by atoms with van der Waals surface area (Å²) in [5.41, 5.74) is 6.24. The second-order valence-corrected chi connectivity index (χ2v) is 5.16. The molecule has 0 atom stereocenters. The monoisotopic (exact) mass is 314 g/mol. The van der Waals surface area contributed by atoms with Crippen LogP contribution in [0.1, 0.15) is 20.8 Å². The number of amides is 1. The Morgan fingerprint density at radius 3 is 2.78 bits per heavy atom. The molecule has 0 saturated carbocycles. The molecule has 100 valence electrons. The summed E-state index contributed by atoms with van der Waals surface area (Å²) in [6, 6.07) is 1.92. The molecule has 0 aliphatic carbocycles. The molecule has 0 unspecified atom stereocenters. The molecule has 6 heteroatoms. The van der Waals surface area contributed by atoms with Gasteiger partial charge in [0.25, 0.3) is 0 Å². The maximum atomic E-state index is 11.8. The minimum atomic E-state index is -0.0163. The molecule has 1 heterocycles. The van der Waals surface area contributed by atoms with Gasteiger partial charge in [-0.3, -0.25) is 4.79 Å². The zero-order chi connectivity index (χ0) is 13.7. The lowest BCUT2D eigenvalue weighted by Gasteiger charge is -2.23. The van der Waals surface area contributed by atoms with Crippen molar-refractivity contribution in [2.24, 2.45) is 0 Å². The average Bonchev–Trinajstić information content (AvgIpc) is 2.25. The van der Waals surface area contributed by atoms with Crippen molar-refractivity contribution in [3.05, 3.63) is 16.7 Å². The number of hydrogen-bond acceptors (Lipinski definition) is 4. The van der Waals surface area contributed by atoms with Crippen LogP contribution in [0.2, 0.25) is 0 Å². The summed E-state index contributed by atoms with van der Waals surface area (Å²) in [7, 11) is 0. The van der Waals surface area contributed by atoms with E-state index in [4.69, 9.17) is 5.73 Å². The van der Waals surface area contributed by atoms with Gasteiger partial charge in [0.1, 0.15) is 5.82 Å². The van der Waals surface area contributed by atoms with Crippen LogP contribution in [0.3, 0.4) is 0 Å². The van der Waals surface area contributed by atoms with Gasteiger partial charge in [-0.1, -0.05) is 0 Å². The number of nitrogens with two attached hydrogens (primary N) is 1. The summed E-state index contributed by atoms with van der Waals surface area (Å²) in [6.07, 6.45) is 1.59. The van der Waals surface area contributed by atoms with E-state index in [0.717, 1.165) is 10.3 Å². The summed E-state index contributed by atoms with van der Waals surface area (Å²) >= 11 is 3.41. The number of rotatable bonds is 5. The lowest BCUT2D eigenvalue weighted by atomic mass is 10.3. The molecule has 0 saturated heterocycles. The number of halogens is 1. The lowest BCUT2D eigenvalue weighted by Crippen LogP contribution is -2.40. The fourth-order valence-corrected chi connectivity index (χ4v) is 2.17. The maximum absolute atomic E-state index is 11.8. The number of anilines is 2. The van der Waals surface area contributed by atoms with Gasteiger partial charge < -0.3 is 16.0 Å². The number of hydrogen-bond donors (Lipinski definition) is 2. The molecule has 3 N–H and O–H groups in total. The van der Waals surface area contributed by atoms with Gasteiger partial charge in [0.2, 0.25) is 5.91 Å². The van der Waals surface area contributed by atoms with E-state index in [-0.39, 0.29) is 18.5 Å². The number of aromatic nitrogens is 1. The first-order valence-corrected chi connectivity index (χ1v) is 6.68. The van der Waals surface area contributed by atoms with Crippen LogP contribution in [0, 0.1) is 0 Å². The van der Waals surface area contributed by atoms with Crippen LogP contribution in [0.5, 0.6) is 0 Å². The standard InChI is InChI=1S/C12H19BrN4O/c1-4-17(7-11(18)16-8(2)3)12-10(13)5-9(14)6-15-12/h5-6,8H,4,7,14H2,1-3H3,(H,16,18). The highest BCUT2D eigenvalue weighted by molar-refractivity contribution is 9.10. The molecule has 0 spiro atoms. The Morgan fingerprint density at radius 1 is 1.61 bits per heavy atom. The van der Waals surface area contributed by atoms with Crippen molar-refractivity contribution in [3.63, 3.8) is 0 Å². The summed E-state index contributed by atoms with van der Waals surface area (Å²) in [6.45, 7) is 6.83. The van der Waals surface area contributed by atoms with Crippen molar-refractivity contribution >= 4 is 33.3 Å². The molecule has 5 nitrogen and oxygen atoms in total. The minimum Gasteiger partial charge on any atom is -0.397 e. The normalized spacial score (nSPS) is 10.5. The molecule has 0 radical (unpaired) electrons. The van der Waals surface area contributed by atoms with Crippen LogP contribution >= 0.6 is 15.9 Å². The molecule has 1 aromatic heterocycles. The number of carbonyl (C=O) groups excluding carboxylic acids is 1. The maximum Gasteiger partial charge on any atom is 0.239 e. The highest BCUT2D eigenvalue weighted by Crippen LogP contribution is 2.25. The number of carbonyl (C=O) groups is 1. The highest BCUT2D eigenvalue weighted by atomic mass is 79.9. The van der Waals surface area contributed by atoms with E-state index in [1.165, 1.54) is 0 Å². The van der Waals surface area contributed by atoms with E-state index in [1.807, 2.05) is 25.7 Å². The zero-order valence-corrected chi connectivity index (χ0v) is 12.5. The fourth-order valence-electron chi connectivity index (χ4n) is 1.56. The van der Waals surface area contributed by atoms with Gasteiger partial charge in [0, 0.05) is 12.6 Å². The van der Waals surface area contributed by atoms with Gasteiger partial charge in [0.05, 0.1) is 22.9 Å². The van der Waals surface area contributed by atoms with E-state index in [9.17, 15) is 4.79 Å². The van der Waals surface area contributed by atoms with Crippen LogP contribution in [-0.4, -0.2) is 30.0 Å². The topological polar surface area (TPSA) is 71.2 Å². The molecule has 0 aliphatic rings. The number of pyridine rings is 1. The first-order valence-electron chi connectivity index (χ1n) is 5.89. The SMILES string of the molecule is CCN(CC(=O)NC(C)C)c1ncc(N)cc1Br. The van der Waals surface area contributed by atoms with E-state index >= 15 is 0 Å². The summed E-state index contributed by atoms with van der Waals surface area (Å²) in [5, 5.41) is 2.86. The van der Waals surface area contributed by atoms with Crippen molar-refractivity contribution in [3.8, 4) is 0 Å². The minimum absolute atomic E-state index is 0.0163. The Morgan fingerprint density at radius 2 is 2.28 bits per heavy atom. The van der Waals surface area contributed by atoms with E-state index < -0.39 is 0 Å². The summed E-state index contributed by atoms with van der Waals surface area (Å²) in [5.74, 6) is 0.711. The van der Waals surface area contributed by atoms with Crippen molar-refractivity contribution in [1.29, 1.82) is 0 Å². The Labute approximate surface area is 116 Å². The second kappa shape index (κ2) is 6.58. The van der Waals surface area contributed by atoms with Gasteiger partial charge in [0.15, 0.2) is 0 Å². The van der Waals surface area contributed by atoms with Crippen LogP contribution in [0.4, 0.5) is 11.5 Å². The molecule has 1 rings (SSSR count). The van der Waals surface area contributed by atoms with Crippen molar-refractivity contribution < 1.29 is 4.79 Å². The van der Waals surface area contributed by atoms with Gasteiger partial charge in [-0.15, -0.1) is 0 Å². The Balaban J connectivity index is 2.80. The quantitative estimate of drug-likeness (QED) is 0.869. The number of nitrogen functional groups attached to an aromatic ring is 1. The van der Waals surface area contributed by atoms with E-state index in [1.54, 1.807) is 12.3 Å². The molecule has 18 heavy (non-hydrogen) atoms. The third-order valence-corrected chi connectivity index (χ3v) is 2.89. The van der Waals surface area contributed by atoms with E-state index in [0.29, 0.717) is 12.2 Å². The Bertz CT molecular complexity index is 423. The van der Waals surface area contributed by atoms with Crippen LogP contribution < -0.4 is 16.0 Å². The third kappa shape index (κ3) is 4.18. The average molecular weight is 315 g/mol. The van der Waals surface area contributed by atoms with Gasteiger partial charge >= 0.3 is 0 Å². The lowest BCUT2D eigenvalue weighted by molar-refractivity contribution is -0.120. The second-order valence-electron chi connectivity index (χ2n) is 4.31. The highest BCUT2D eigenvalue weighted by Gasteiger charge is 2.14. The number of likely N-dealkylation sites (N-methyl/N-ethyl adjacent to an activating group) is 1. The molecule has 0 bridgehead atoms. The van der Waals surface area contributed by atoms with Crippen LogP contribution in [-0.2, 0) is 4.79 Å². The summed E-state index contributed by atoms with van der Waals surface area (Å²) in [4.78, 5) is 17.9. The van der Waals surface area contributed by atoms with Gasteiger partial charge in [-0.25, -0.2) is 4.98 Å².